The fourth-order valence-corrected chi connectivity index (χ4v) is 2.02. The lowest BCUT2D eigenvalue weighted by Gasteiger charge is -2.08. The molecular formula is C18H16F2N2O4. The van der Waals surface area contributed by atoms with Gasteiger partial charge in [0.25, 0.3) is 11.8 Å². The molecule has 0 atom stereocenters. The van der Waals surface area contributed by atoms with Crippen LogP contribution in [0, 0.1) is 18.6 Å². The molecular weight excluding hydrogens is 346 g/mol. The molecule has 2 amide bonds. The Labute approximate surface area is 148 Å². The summed E-state index contributed by atoms with van der Waals surface area (Å²) >= 11 is 0. The first-order valence-corrected chi connectivity index (χ1v) is 7.60. The molecule has 0 unspecified atom stereocenters. The van der Waals surface area contributed by atoms with Crippen molar-refractivity contribution in [3.8, 4) is 0 Å². The van der Waals surface area contributed by atoms with Crippen LogP contribution in [0.3, 0.4) is 0 Å². The molecule has 0 heterocycles. The number of amides is 2. The average molecular weight is 362 g/mol. The molecule has 2 aromatic carbocycles. The molecule has 0 aliphatic carbocycles. The lowest BCUT2D eigenvalue weighted by molar-refractivity contribution is -0.146. The molecule has 0 aromatic heterocycles. The molecule has 0 saturated carbocycles. The van der Waals surface area contributed by atoms with Crippen LogP contribution in [-0.2, 0) is 14.3 Å². The summed E-state index contributed by atoms with van der Waals surface area (Å²) in [4.78, 5) is 35.1. The van der Waals surface area contributed by atoms with Crippen molar-refractivity contribution >= 4 is 23.5 Å². The number of carbonyl (C=O) groups excluding carboxylic acids is 3. The molecule has 2 aromatic rings. The zero-order valence-corrected chi connectivity index (χ0v) is 13.8. The summed E-state index contributed by atoms with van der Waals surface area (Å²) in [5, 5.41) is 4.45. The third-order valence-electron chi connectivity index (χ3n) is 3.24. The minimum absolute atomic E-state index is 0.362. The van der Waals surface area contributed by atoms with E-state index in [1.54, 1.807) is 18.2 Å². The summed E-state index contributed by atoms with van der Waals surface area (Å²) < 4.78 is 31.1. The molecule has 0 radical (unpaired) electrons. The van der Waals surface area contributed by atoms with E-state index in [0.717, 1.165) is 23.8 Å². The normalized spacial score (nSPS) is 10.1. The molecule has 0 spiro atoms. The summed E-state index contributed by atoms with van der Waals surface area (Å²) in [7, 11) is 0. The van der Waals surface area contributed by atoms with Gasteiger partial charge >= 0.3 is 5.97 Å². The topological polar surface area (TPSA) is 84.5 Å². The first-order valence-electron chi connectivity index (χ1n) is 7.60. The van der Waals surface area contributed by atoms with Gasteiger partial charge in [-0.15, -0.1) is 0 Å². The fraction of sp³-hybridized carbons (Fsp3) is 0.167. The minimum Gasteiger partial charge on any atom is -0.454 e. The maximum atomic E-state index is 13.4. The van der Waals surface area contributed by atoms with E-state index in [9.17, 15) is 23.2 Å². The van der Waals surface area contributed by atoms with Crippen molar-refractivity contribution in [3.05, 3.63) is 65.2 Å². The van der Waals surface area contributed by atoms with Crippen molar-refractivity contribution in [1.82, 2.24) is 5.32 Å². The summed E-state index contributed by atoms with van der Waals surface area (Å²) in [6, 6.07) is 9.34. The molecule has 0 fully saturated rings. The van der Waals surface area contributed by atoms with Crippen molar-refractivity contribution in [2.45, 2.75) is 6.92 Å². The number of anilines is 1. The Balaban J connectivity index is 1.77. The fourth-order valence-electron chi connectivity index (χ4n) is 2.02. The predicted molar refractivity (Wildman–Crippen MR) is 89.5 cm³/mol. The number of nitrogens with one attached hydrogen (secondary N) is 2. The number of esters is 1. The van der Waals surface area contributed by atoms with Gasteiger partial charge in [0.1, 0.15) is 18.2 Å². The van der Waals surface area contributed by atoms with Gasteiger partial charge in [-0.1, -0.05) is 17.7 Å². The van der Waals surface area contributed by atoms with Crippen LogP contribution in [0.15, 0.2) is 42.5 Å². The second-order valence-electron chi connectivity index (χ2n) is 5.39. The van der Waals surface area contributed by atoms with Crippen LogP contribution in [0.4, 0.5) is 14.5 Å². The molecule has 0 bridgehead atoms. The lowest BCUT2D eigenvalue weighted by Crippen LogP contribution is -2.32. The predicted octanol–water partition coefficient (Wildman–Crippen LogP) is 2.18. The van der Waals surface area contributed by atoms with Gasteiger partial charge in [-0.3, -0.25) is 14.4 Å². The number of halogens is 2. The van der Waals surface area contributed by atoms with E-state index in [1.807, 2.05) is 13.0 Å². The van der Waals surface area contributed by atoms with Crippen LogP contribution < -0.4 is 10.6 Å². The van der Waals surface area contributed by atoms with Gasteiger partial charge < -0.3 is 15.4 Å². The minimum atomic E-state index is -0.846. The monoisotopic (exact) mass is 362 g/mol. The average Bonchev–Trinajstić information content (AvgIpc) is 2.61. The van der Waals surface area contributed by atoms with Crippen molar-refractivity contribution in [2.75, 3.05) is 18.5 Å². The molecule has 8 heteroatoms. The molecule has 2 N–H and O–H groups in total. The number of benzene rings is 2. The maximum Gasteiger partial charge on any atom is 0.325 e. The third kappa shape index (κ3) is 5.66. The lowest BCUT2D eigenvalue weighted by atomic mass is 10.1. The molecule has 136 valence electrons. The highest BCUT2D eigenvalue weighted by molar-refractivity contribution is 5.96. The standard InChI is InChI=1S/C18H16F2N2O4/c1-11-3-2-4-12(7-11)18(25)21-9-17(24)26-10-16(23)22-15-8-13(19)5-6-14(15)20/h2-8H,9-10H2,1H3,(H,21,25)(H,22,23). The third-order valence-corrected chi connectivity index (χ3v) is 3.24. The second-order valence-corrected chi connectivity index (χ2v) is 5.39. The van der Waals surface area contributed by atoms with Crippen molar-refractivity contribution in [1.29, 1.82) is 0 Å². The Morgan fingerprint density at radius 2 is 1.85 bits per heavy atom. The van der Waals surface area contributed by atoms with Crippen molar-refractivity contribution in [2.24, 2.45) is 0 Å². The van der Waals surface area contributed by atoms with Gasteiger partial charge in [-0.2, -0.15) is 0 Å². The van der Waals surface area contributed by atoms with E-state index in [0.29, 0.717) is 5.56 Å². The summed E-state index contributed by atoms with van der Waals surface area (Å²) in [6.45, 7) is 0.689. The van der Waals surface area contributed by atoms with Gasteiger partial charge in [0, 0.05) is 11.6 Å². The van der Waals surface area contributed by atoms with Crippen LogP contribution in [0.5, 0.6) is 0 Å². The van der Waals surface area contributed by atoms with E-state index in [1.165, 1.54) is 0 Å². The van der Waals surface area contributed by atoms with Crippen LogP contribution in [0.2, 0.25) is 0 Å². The van der Waals surface area contributed by atoms with Crippen LogP contribution in [-0.4, -0.2) is 30.9 Å². The summed E-state index contributed by atoms with van der Waals surface area (Å²) in [5.74, 6) is -3.69. The molecule has 2 rings (SSSR count). The van der Waals surface area contributed by atoms with E-state index in [4.69, 9.17) is 0 Å². The van der Waals surface area contributed by atoms with E-state index in [-0.39, 0.29) is 5.69 Å². The van der Waals surface area contributed by atoms with Crippen molar-refractivity contribution < 1.29 is 27.9 Å². The Morgan fingerprint density at radius 3 is 2.58 bits per heavy atom. The largest absolute Gasteiger partial charge is 0.454 e. The Bertz CT molecular complexity index is 840. The number of rotatable bonds is 6. The number of hydrogen-bond acceptors (Lipinski definition) is 4. The van der Waals surface area contributed by atoms with Gasteiger partial charge in [-0.25, -0.2) is 8.78 Å². The quantitative estimate of drug-likeness (QED) is 0.772. The molecule has 6 nitrogen and oxygen atoms in total. The van der Waals surface area contributed by atoms with E-state index >= 15 is 0 Å². The SMILES string of the molecule is Cc1cccc(C(=O)NCC(=O)OCC(=O)Nc2cc(F)ccc2F)c1. The Kier molecular flexibility index (Phi) is 6.37. The second kappa shape index (κ2) is 8.70. The Hall–Kier alpha value is -3.29. The zero-order valence-electron chi connectivity index (χ0n) is 13.8. The Morgan fingerprint density at radius 1 is 1.08 bits per heavy atom. The smallest absolute Gasteiger partial charge is 0.325 e. The van der Waals surface area contributed by atoms with Gasteiger partial charge in [0.05, 0.1) is 5.69 Å². The van der Waals surface area contributed by atoms with Crippen LogP contribution in [0.25, 0.3) is 0 Å². The number of carbonyl (C=O) groups is 3. The van der Waals surface area contributed by atoms with Gasteiger partial charge in [-0.05, 0) is 31.2 Å². The number of hydrogen-bond donors (Lipinski definition) is 2. The van der Waals surface area contributed by atoms with E-state index < -0.39 is 42.6 Å². The van der Waals surface area contributed by atoms with Crippen LogP contribution in [0.1, 0.15) is 15.9 Å². The van der Waals surface area contributed by atoms with Crippen LogP contribution >= 0.6 is 0 Å². The van der Waals surface area contributed by atoms with Gasteiger partial charge in [0.15, 0.2) is 6.61 Å². The maximum absolute atomic E-state index is 13.4. The highest BCUT2D eigenvalue weighted by Crippen LogP contribution is 2.14. The zero-order chi connectivity index (χ0) is 19.1. The first-order chi connectivity index (χ1) is 12.3. The van der Waals surface area contributed by atoms with Crippen molar-refractivity contribution in [3.63, 3.8) is 0 Å². The highest BCUT2D eigenvalue weighted by Gasteiger charge is 2.12. The summed E-state index contributed by atoms with van der Waals surface area (Å²) in [6.07, 6.45) is 0. The number of aryl methyl sites for hydroxylation is 1. The van der Waals surface area contributed by atoms with E-state index in [2.05, 4.69) is 15.4 Å². The van der Waals surface area contributed by atoms with Gasteiger partial charge in [0.2, 0.25) is 0 Å². The molecule has 0 saturated heterocycles. The molecule has 0 aliphatic heterocycles. The summed E-state index contributed by atoms with van der Waals surface area (Å²) in [5.41, 5.74) is 0.914. The molecule has 0 aliphatic rings. The first kappa shape index (κ1) is 19.0. The molecule has 26 heavy (non-hydrogen) atoms. The number of ether oxygens (including phenoxy) is 1. The highest BCUT2D eigenvalue weighted by atomic mass is 19.1.